The van der Waals surface area contributed by atoms with E-state index in [1.54, 1.807) is 0 Å². The third kappa shape index (κ3) is 4.32. The Labute approximate surface area is 104 Å². The van der Waals surface area contributed by atoms with Crippen molar-refractivity contribution in [3.8, 4) is 0 Å². The largest absolute Gasteiger partial charge is 0.469 e. The van der Waals surface area contributed by atoms with Gasteiger partial charge in [-0.15, -0.1) is 0 Å². The molecule has 9 heteroatoms. The van der Waals surface area contributed by atoms with Crippen molar-refractivity contribution in [2.24, 2.45) is 0 Å². The summed E-state index contributed by atoms with van der Waals surface area (Å²) in [6, 6.07) is 0. The lowest BCUT2D eigenvalue weighted by Crippen LogP contribution is -2.13. The van der Waals surface area contributed by atoms with Crippen LogP contribution in [-0.4, -0.2) is 24.0 Å². The molecule has 1 heterocycles. The summed E-state index contributed by atoms with van der Waals surface area (Å²) >= 11 is 0.324. The number of ether oxygens (including phenoxy) is 1. The van der Waals surface area contributed by atoms with Crippen LogP contribution in [0.3, 0.4) is 0 Å². The number of halogens is 3. The number of thiazole rings is 1. The predicted molar refractivity (Wildman–Crippen MR) is 57.0 cm³/mol. The highest BCUT2D eigenvalue weighted by Crippen LogP contribution is 2.34. The Balaban J connectivity index is 2.50. The maximum absolute atomic E-state index is 12.2. The van der Waals surface area contributed by atoms with Gasteiger partial charge in [-0.1, -0.05) is 11.3 Å². The highest BCUT2D eigenvalue weighted by molar-refractivity contribution is 7.15. The number of hydrogen-bond donors (Lipinski definition) is 1. The number of alkyl halides is 3. The predicted octanol–water partition coefficient (Wildman–Crippen LogP) is 2.05. The van der Waals surface area contributed by atoms with Gasteiger partial charge in [0.05, 0.1) is 19.7 Å². The fourth-order valence-corrected chi connectivity index (χ4v) is 1.66. The minimum atomic E-state index is -4.48. The lowest BCUT2D eigenvalue weighted by Gasteiger charge is -2.01. The summed E-state index contributed by atoms with van der Waals surface area (Å²) in [5, 5.41) is 2.02. The van der Waals surface area contributed by atoms with Gasteiger partial charge in [-0.2, -0.15) is 13.2 Å². The first kappa shape index (κ1) is 14.4. The van der Waals surface area contributed by atoms with E-state index < -0.39 is 22.9 Å². The molecule has 1 aromatic heterocycles. The number of rotatable bonds is 4. The van der Waals surface area contributed by atoms with Crippen molar-refractivity contribution in [2.45, 2.75) is 19.0 Å². The number of anilines is 1. The number of aromatic nitrogens is 1. The van der Waals surface area contributed by atoms with Gasteiger partial charge in [-0.25, -0.2) is 4.98 Å². The van der Waals surface area contributed by atoms with Crippen LogP contribution in [0.1, 0.15) is 17.7 Å². The number of carbonyl (C=O) groups is 2. The second-order valence-electron chi connectivity index (χ2n) is 3.15. The van der Waals surface area contributed by atoms with E-state index in [4.69, 9.17) is 0 Å². The van der Waals surface area contributed by atoms with Crippen molar-refractivity contribution in [1.82, 2.24) is 4.98 Å². The number of amides is 1. The first-order valence-electron chi connectivity index (χ1n) is 4.72. The Morgan fingerprint density at radius 3 is 2.61 bits per heavy atom. The number of nitrogens with one attached hydrogen (secondary N) is 1. The second kappa shape index (κ2) is 5.80. The quantitative estimate of drug-likeness (QED) is 0.858. The molecule has 0 atom stereocenters. The summed E-state index contributed by atoms with van der Waals surface area (Å²) in [5.74, 6) is -1.16. The standard InChI is InChI=1S/C9H9F3N2O3S/c1-17-7(16)3-2-6(15)14-8-13-4-5(18-8)9(10,11)12/h4H,2-3H2,1H3,(H,13,14,15). The molecule has 1 rings (SSSR count). The Morgan fingerprint density at radius 2 is 2.11 bits per heavy atom. The van der Waals surface area contributed by atoms with Gasteiger partial charge in [0.2, 0.25) is 5.91 Å². The molecule has 0 saturated heterocycles. The molecule has 100 valence electrons. The Kier molecular flexibility index (Phi) is 4.65. The molecular formula is C9H9F3N2O3S. The number of carbonyl (C=O) groups excluding carboxylic acids is 2. The molecular weight excluding hydrogens is 273 g/mol. The van der Waals surface area contributed by atoms with E-state index in [0.29, 0.717) is 17.5 Å². The van der Waals surface area contributed by atoms with Crippen LogP contribution in [0, 0.1) is 0 Å². The average molecular weight is 282 g/mol. The maximum Gasteiger partial charge on any atom is 0.427 e. The van der Waals surface area contributed by atoms with Crippen molar-refractivity contribution in [3.63, 3.8) is 0 Å². The summed E-state index contributed by atoms with van der Waals surface area (Å²) in [7, 11) is 1.18. The van der Waals surface area contributed by atoms with E-state index in [0.717, 1.165) is 0 Å². The smallest absolute Gasteiger partial charge is 0.427 e. The SMILES string of the molecule is COC(=O)CCC(=O)Nc1ncc(C(F)(F)F)s1. The molecule has 1 N–H and O–H groups in total. The van der Waals surface area contributed by atoms with Crippen LogP contribution in [0.25, 0.3) is 0 Å². The fraction of sp³-hybridized carbons (Fsp3) is 0.444. The van der Waals surface area contributed by atoms with Crippen molar-refractivity contribution >= 4 is 28.3 Å². The zero-order valence-corrected chi connectivity index (χ0v) is 10.0. The van der Waals surface area contributed by atoms with E-state index >= 15 is 0 Å². The van der Waals surface area contributed by atoms with Crippen LogP contribution >= 0.6 is 11.3 Å². The first-order valence-corrected chi connectivity index (χ1v) is 5.54. The van der Waals surface area contributed by atoms with Gasteiger partial charge >= 0.3 is 12.1 Å². The molecule has 0 unspecified atom stereocenters. The van der Waals surface area contributed by atoms with E-state index in [-0.39, 0.29) is 18.0 Å². The fourth-order valence-electron chi connectivity index (χ4n) is 0.962. The average Bonchev–Trinajstić information content (AvgIpc) is 2.74. The molecule has 1 aromatic rings. The second-order valence-corrected chi connectivity index (χ2v) is 4.18. The van der Waals surface area contributed by atoms with Crippen LogP contribution in [0.15, 0.2) is 6.20 Å². The van der Waals surface area contributed by atoms with Crippen LogP contribution in [-0.2, 0) is 20.5 Å². The summed E-state index contributed by atoms with van der Waals surface area (Å²) in [6.45, 7) is 0. The summed E-state index contributed by atoms with van der Waals surface area (Å²) in [4.78, 5) is 24.5. The Morgan fingerprint density at radius 1 is 1.44 bits per heavy atom. The van der Waals surface area contributed by atoms with E-state index in [1.165, 1.54) is 7.11 Å². The van der Waals surface area contributed by atoms with E-state index in [9.17, 15) is 22.8 Å². The van der Waals surface area contributed by atoms with E-state index in [2.05, 4.69) is 15.0 Å². The molecule has 0 aliphatic heterocycles. The minimum Gasteiger partial charge on any atom is -0.469 e. The van der Waals surface area contributed by atoms with Crippen molar-refractivity contribution < 1.29 is 27.5 Å². The maximum atomic E-state index is 12.2. The minimum absolute atomic E-state index is 0.139. The van der Waals surface area contributed by atoms with Gasteiger partial charge in [-0.3, -0.25) is 9.59 Å². The highest BCUT2D eigenvalue weighted by Gasteiger charge is 2.33. The Bertz CT molecular complexity index is 445. The molecule has 0 aliphatic carbocycles. The number of nitrogens with zero attached hydrogens (tertiary/aromatic N) is 1. The molecule has 0 bridgehead atoms. The van der Waals surface area contributed by atoms with Gasteiger partial charge in [0.15, 0.2) is 5.13 Å². The van der Waals surface area contributed by atoms with Crippen molar-refractivity contribution in [2.75, 3.05) is 12.4 Å². The van der Waals surface area contributed by atoms with Crippen LogP contribution in [0.2, 0.25) is 0 Å². The van der Waals surface area contributed by atoms with Crippen LogP contribution in [0.4, 0.5) is 18.3 Å². The van der Waals surface area contributed by atoms with Gasteiger partial charge in [0, 0.05) is 6.42 Å². The van der Waals surface area contributed by atoms with Crippen LogP contribution in [0.5, 0.6) is 0 Å². The van der Waals surface area contributed by atoms with Gasteiger partial charge in [0.1, 0.15) is 4.88 Å². The molecule has 0 aliphatic rings. The molecule has 18 heavy (non-hydrogen) atoms. The van der Waals surface area contributed by atoms with Crippen LogP contribution < -0.4 is 5.32 Å². The zero-order valence-electron chi connectivity index (χ0n) is 9.21. The van der Waals surface area contributed by atoms with Crippen molar-refractivity contribution in [3.05, 3.63) is 11.1 Å². The van der Waals surface area contributed by atoms with Gasteiger partial charge in [0.25, 0.3) is 0 Å². The van der Waals surface area contributed by atoms with Crippen molar-refractivity contribution in [1.29, 1.82) is 0 Å². The monoisotopic (exact) mass is 282 g/mol. The Hall–Kier alpha value is -1.64. The number of esters is 1. The van der Waals surface area contributed by atoms with Gasteiger partial charge < -0.3 is 10.1 Å². The third-order valence-corrected chi connectivity index (χ3v) is 2.77. The topological polar surface area (TPSA) is 68.3 Å². The third-order valence-electron chi connectivity index (χ3n) is 1.82. The summed E-state index contributed by atoms with van der Waals surface area (Å²) in [5.41, 5.74) is 0. The highest BCUT2D eigenvalue weighted by atomic mass is 32.1. The molecule has 0 fully saturated rings. The number of hydrogen-bond acceptors (Lipinski definition) is 5. The molecule has 0 aromatic carbocycles. The lowest BCUT2D eigenvalue weighted by molar-refractivity contribution is -0.141. The van der Waals surface area contributed by atoms with Gasteiger partial charge in [-0.05, 0) is 0 Å². The molecule has 0 saturated carbocycles. The molecule has 0 radical (unpaired) electrons. The zero-order chi connectivity index (χ0) is 13.8. The molecule has 5 nitrogen and oxygen atoms in total. The number of methoxy groups -OCH3 is 1. The summed E-state index contributed by atoms with van der Waals surface area (Å²) in [6.07, 6.45) is -4.15. The molecule has 1 amide bonds. The summed E-state index contributed by atoms with van der Waals surface area (Å²) < 4.78 is 41.0. The first-order chi connectivity index (χ1) is 8.32. The normalized spacial score (nSPS) is 11.1. The van der Waals surface area contributed by atoms with E-state index in [1.807, 2.05) is 0 Å². The molecule has 0 spiro atoms. The lowest BCUT2D eigenvalue weighted by atomic mass is 10.3.